The summed E-state index contributed by atoms with van der Waals surface area (Å²) in [5, 5.41) is 4.05. The van der Waals surface area contributed by atoms with E-state index in [9.17, 15) is 4.39 Å². The van der Waals surface area contributed by atoms with E-state index in [1.54, 1.807) is 17.4 Å². The molecule has 0 aliphatic rings. The second-order valence-electron chi connectivity index (χ2n) is 3.89. The maximum atomic E-state index is 13.7. The van der Waals surface area contributed by atoms with Gasteiger partial charge in [-0.25, -0.2) is 9.37 Å². The second kappa shape index (κ2) is 5.46. The Morgan fingerprint density at radius 3 is 2.83 bits per heavy atom. The van der Waals surface area contributed by atoms with Gasteiger partial charge in [0.05, 0.1) is 22.7 Å². The molecule has 1 aromatic heterocycles. The second-order valence-corrected chi connectivity index (χ2v) is 5.09. The third-order valence-corrected chi connectivity index (χ3v) is 3.62. The summed E-state index contributed by atoms with van der Waals surface area (Å²) in [6, 6.07) is 4.99. The van der Waals surface area contributed by atoms with Gasteiger partial charge in [0.25, 0.3) is 0 Å². The molecule has 0 unspecified atom stereocenters. The van der Waals surface area contributed by atoms with Gasteiger partial charge >= 0.3 is 0 Å². The standard InChI is InChI=1S/C13H15FN2OS/c1-8-16-11(7-15-2)13(18-8)9-4-5-12(17-3)10(14)6-9/h4-6,15H,7H2,1-3H3. The number of thiazole rings is 1. The van der Waals surface area contributed by atoms with E-state index >= 15 is 0 Å². The molecule has 2 aromatic rings. The highest BCUT2D eigenvalue weighted by Gasteiger charge is 2.12. The molecular formula is C13H15FN2OS. The maximum Gasteiger partial charge on any atom is 0.165 e. The maximum absolute atomic E-state index is 13.7. The summed E-state index contributed by atoms with van der Waals surface area (Å²) in [4.78, 5) is 5.45. The first-order valence-electron chi connectivity index (χ1n) is 5.60. The minimum absolute atomic E-state index is 0.259. The van der Waals surface area contributed by atoms with Crippen molar-refractivity contribution in [2.24, 2.45) is 0 Å². The molecular weight excluding hydrogens is 251 g/mol. The molecule has 1 aromatic carbocycles. The Bertz CT molecular complexity index is 554. The van der Waals surface area contributed by atoms with Crippen LogP contribution in [-0.4, -0.2) is 19.1 Å². The van der Waals surface area contributed by atoms with Gasteiger partial charge in [0.15, 0.2) is 11.6 Å². The van der Waals surface area contributed by atoms with Crippen molar-refractivity contribution in [3.8, 4) is 16.2 Å². The van der Waals surface area contributed by atoms with Gasteiger partial charge in [0.1, 0.15) is 0 Å². The molecule has 1 N–H and O–H groups in total. The Labute approximate surface area is 110 Å². The molecule has 0 amide bonds. The molecule has 0 atom stereocenters. The SMILES string of the molecule is CNCc1nc(C)sc1-c1ccc(OC)c(F)c1. The lowest BCUT2D eigenvalue weighted by Gasteiger charge is -2.05. The Morgan fingerprint density at radius 1 is 1.44 bits per heavy atom. The molecule has 96 valence electrons. The van der Waals surface area contributed by atoms with Crippen LogP contribution in [0.5, 0.6) is 5.75 Å². The van der Waals surface area contributed by atoms with Crippen molar-refractivity contribution < 1.29 is 9.13 Å². The number of hydrogen-bond acceptors (Lipinski definition) is 4. The van der Waals surface area contributed by atoms with E-state index in [0.29, 0.717) is 6.54 Å². The minimum Gasteiger partial charge on any atom is -0.494 e. The smallest absolute Gasteiger partial charge is 0.165 e. The fraction of sp³-hybridized carbons (Fsp3) is 0.308. The van der Waals surface area contributed by atoms with Gasteiger partial charge < -0.3 is 10.1 Å². The minimum atomic E-state index is -0.350. The van der Waals surface area contributed by atoms with Gasteiger partial charge in [0, 0.05) is 6.54 Å². The van der Waals surface area contributed by atoms with Crippen LogP contribution in [0.2, 0.25) is 0 Å². The van der Waals surface area contributed by atoms with Crippen LogP contribution in [-0.2, 0) is 6.54 Å². The van der Waals surface area contributed by atoms with Gasteiger partial charge in [-0.3, -0.25) is 0 Å². The molecule has 0 radical (unpaired) electrons. The normalized spacial score (nSPS) is 10.7. The topological polar surface area (TPSA) is 34.2 Å². The van der Waals surface area contributed by atoms with Crippen molar-refractivity contribution in [1.29, 1.82) is 0 Å². The van der Waals surface area contributed by atoms with Gasteiger partial charge in [0.2, 0.25) is 0 Å². The Kier molecular flexibility index (Phi) is 3.93. The largest absolute Gasteiger partial charge is 0.494 e. The molecule has 3 nitrogen and oxygen atoms in total. The lowest BCUT2D eigenvalue weighted by molar-refractivity contribution is 0.386. The first-order valence-corrected chi connectivity index (χ1v) is 6.42. The van der Waals surface area contributed by atoms with Gasteiger partial charge in [-0.1, -0.05) is 0 Å². The van der Waals surface area contributed by atoms with Gasteiger partial charge in [-0.05, 0) is 37.7 Å². The van der Waals surface area contributed by atoms with Gasteiger partial charge in [-0.2, -0.15) is 0 Å². The van der Waals surface area contributed by atoms with Crippen LogP contribution in [0.15, 0.2) is 18.2 Å². The number of benzene rings is 1. The van der Waals surface area contributed by atoms with E-state index in [2.05, 4.69) is 10.3 Å². The quantitative estimate of drug-likeness (QED) is 0.923. The zero-order valence-corrected chi connectivity index (χ0v) is 11.4. The summed E-state index contributed by atoms with van der Waals surface area (Å²) in [7, 11) is 3.33. The van der Waals surface area contributed by atoms with Crippen molar-refractivity contribution in [2.45, 2.75) is 13.5 Å². The average molecular weight is 266 g/mol. The molecule has 0 bridgehead atoms. The van der Waals surface area contributed by atoms with Crippen LogP contribution >= 0.6 is 11.3 Å². The molecule has 0 spiro atoms. The summed E-state index contributed by atoms with van der Waals surface area (Å²) < 4.78 is 18.6. The zero-order chi connectivity index (χ0) is 13.1. The van der Waals surface area contributed by atoms with E-state index in [-0.39, 0.29) is 11.6 Å². The Balaban J connectivity index is 2.44. The van der Waals surface area contributed by atoms with Crippen molar-refractivity contribution in [2.75, 3.05) is 14.2 Å². The van der Waals surface area contributed by atoms with Crippen LogP contribution < -0.4 is 10.1 Å². The van der Waals surface area contributed by atoms with Gasteiger partial charge in [-0.15, -0.1) is 11.3 Å². The van der Waals surface area contributed by atoms with Crippen LogP contribution in [0.4, 0.5) is 4.39 Å². The summed E-state index contributed by atoms with van der Waals surface area (Å²) >= 11 is 1.57. The molecule has 5 heteroatoms. The monoisotopic (exact) mass is 266 g/mol. The summed E-state index contributed by atoms with van der Waals surface area (Å²) in [5.41, 5.74) is 1.79. The summed E-state index contributed by atoms with van der Waals surface area (Å²) in [6.07, 6.45) is 0. The summed E-state index contributed by atoms with van der Waals surface area (Å²) in [5.74, 6) is -0.0911. The number of nitrogens with one attached hydrogen (secondary N) is 1. The predicted octanol–water partition coefficient (Wildman–Crippen LogP) is 2.99. The van der Waals surface area contributed by atoms with E-state index in [1.807, 2.05) is 20.0 Å². The molecule has 2 rings (SSSR count). The van der Waals surface area contributed by atoms with E-state index in [4.69, 9.17) is 4.74 Å². The van der Waals surface area contributed by atoms with E-state index in [0.717, 1.165) is 21.1 Å². The van der Waals surface area contributed by atoms with Crippen molar-refractivity contribution >= 4 is 11.3 Å². The van der Waals surface area contributed by atoms with Crippen LogP contribution in [0.3, 0.4) is 0 Å². The number of halogens is 1. The molecule has 0 fully saturated rings. The predicted molar refractivity (Wildman–Crippen MR) is 71.6 cm³/mol. The molecule has 1 heterocycles. The molecule has 0 aliphatic carbocycles. The lowest BCUT2D eigenvalue weighted by atomic mass is 10.1. The molecule has 18 heavy (non-hydrogen) atoms. The van der Waals surface area contributed by atoms with E-state index in [1.165, 1.54) is 13.2 Å². The number of rotatable bonds is 4. The fourth-order valence-corrected chi connectivity index (χ4v) is 2.72. The molecule has 0 saturated carbocycles. The number of nitrogens with zero attached hydrogens (tertiary/aromatic N) is 1. The Morgan fingerprint density at radius 2 is 2.22 bits per heavy atom. The Hall–Kier alpha value is -1.46. The number of aromatic nitrogens is 1. The fourth-order valence-electron chi connectivity index (χ4n) is 1.79. The highest BCUT2D eigenvalue weighted by Crippen LogP contribution is 2.32. The number of methoxy groups -OCH3 is 1. The van der Waals surface area contributed by atoms with Crippen molar-refractivity contribution in [3.05, 3.63) is 34.7 Å². The molecule has 0 saturated heterocycles. The van der Waals surface area contributed by atoms with Crippen LogP contribution in [0.1, 0.15) is 10.7 Å². The zero-order valence-electron chi connectivity index (χ0n) is 10.6. The number of ether oxygens (including phenoxy) is 1. The highest BCUT2D eigenvalue weighted by molar-refractivity contribution is 7.15. The molecule has 0 aliphatic heterocycles. The lowest BCUT2D eigenvalue weighted by Crippen LogP contribution is -2.06. The first kappa shape index (κ1) is 13.0. The summed E-state index contributed by atoms with van der Waals surface area (Å²) in [6.45, 7) is 2.63. The third kappa shape index (κ3) is 2.52. The number of hydrogen-bond donors (Lipinski definition) is 1. The van der Waals surface area contributed by atoms with E-state index < -0.39 is 0 Å². The van der Waals surface area contributed by atoms with Crippen molar-refractivity contribution in [1.82, 2.24) is 10.3 Å². The number of aryl methyl sites for hydroxylation is 1. The first-order chi connectivity index (χ1) is 8.65. The highest BCUT2D eigenvalue weighted by atomic mass is 32.1. The average Bonchev–Trinajstić information content (AvgIpc) is 2.71. The van der Waals surface area contributed by atoms with Crippen LogP contribution in [0, 0.1) is 12.7 Å². The van der Waals surface area contributed by atoms with Crippen molar-refractivity contribution in [3.63, 3.8) is 0 Å². The third-order valence-electron chi connectivity index (χ3n) is 2.56. The van der Waals surface area contributed by atoms with Crippen LogP contribution in [0.25, 0.3) is 10.4 Å².